The van der Waals surface area contributed by atoms with Gasteiger partial charge in [0, 0.05) is 24.1 Å². The molecule has 0 N–H and O–H groups in total. The van der Waals surface area contributed by atoms with Crippen LogP contribution in [0.2, 0.25) is 0 Å². The Bertz CT molecular complexity index is 1110. The van der Waals surface area contributed by atoms with E-state index in [0.29, 0.717) is 40.7 Å². The van der Waals surface area contributed by atoms with Gasteiger partial charge in [-0.3, -0.25) is 23.9 Å². The fourth-order valence-electron chi connectivity index (χ4n) is 3.31. The Balaban J connectivity index is 1.45. The number of aromatic nitrogens is 2. The molecule has 1 aliphatic rings. The van der Waals surface area contributed by atoms with Crippen molar-refractivity contribution in [1.29, 1.82) is 0 Å². The summed E-state index contributed by atoms with van der Waals surface area (Å²) >= 11 is 1.44. The van der Waals surface area contributed by atoms with E-state index in [1.54, 1.807) is 35.8 Å². The summed E-state index contributed by atoms with van der Waals surface area (Å²) < 4.78 is 1.58. The lowest BCUT2D eigenvalue weighted by Crippen LogP contribution is -2.31. The zero-order valence-corrected chi connectivity index (χ0v) is 16.7. The molecular weight excluding hydrogens is 386 g/mol. The van der Waals surface area contributed by atoms with E-state index in [2.05, 4.69) is 4.98 Å². The first-order chi connectivity index (χ1) is 14.1. The molecule has 146 valence electrons. The average Bonchev–Trinajstić information content (AvgIpc) is 2.96. The summed E-state index contributed by atoms with van der Waals surface area (Å²) in [5.41, 5.74) is 2.20. The fourth-order valence-corrected chi connectivity index (χ4v) is 4.30. The van der Waals surface area contributed by atoms with Gasteiger partial charge in [-0.05, 0) is 37.6 Å². The summed E-state index contributed by atoms with van der Waals surface area (Å²) in [5, 5.41) is 0.601. The molecule has 0 aliphatic carbocycles. The molecule has 0 saturated carbocycles. The molecule has 1 aromatic heterocycles. The Kier molecular flexibility index (Phi) is 5.31. The Morgan fingerprint density at radius 3 is 2.17 bits per heavy atom. The second-order valence-electron chi connectivity index (χ2n) is 6.70. The van der Waals surface area contributed by atoms with Gasteiger partial charge in [-0.15, -0.1) is 0 Å². The maximum atomic E-state index is 12.5. The molecule has 7 heteroatoms. The number of thioether (sulfide) groups is 1. The number of carbonyl (C=O) groups excluding carboxylic acids is 2. The molecule has 2 amide bonds. The van der Waals surface area contributed by atoms with Crippen LogP contribution in [0, 0.1) is 6.92 Å². The summed E-state index contributed by atoms with van der Waals surface area (Å²) in [4.78, 5) is 43.2. The lowest BCUT2D eigenvalue weighted by molar-refractivity contribution is 0.0655. The molecule has 0 spiro atoms. The zero-order chi connectivity index (χ0) is 20.4. The van der Waals surface area contributed by atoms with Crippen LogP contribution >= 0.6 is 11.8 Å². The van der Waals surface area contributed by atoms with Gasteiger partial charge in [-0.2, -0.15) is 0 Å². The first kappa shape index (κ1) is 19.1. The van der Waals surface area contributed by atoms with Crippen LogP contribution in [0.5, 0.6) is 0 Å². The van der Waals surface area contributed by atoms with Crippen LogP contribution in [0.4, 0.5) is 0 Å². The first-order valence-corrected chi connectivity index (χ1v) is 10.3. The number of aryl methyl sites for hydroxylation is 1. The number of fused-ring (bicyclic) bond motifs is 1. The minimum absolute atomic E-state index is 0.133. The minimum Gasteiger partial charge on any atom is -0.274 e. The molecule has 0 fully saturated rings. The average molecular weight is 405 g/mol. The highest BCUT2D eigenvalue weighted by atomic mass is 32.2. The third-order valence-corrected chi connectivity index (χ3v) is 5.69. The van der Waals surface area contributed by atoms with Crippen molar-refractivity contribution in [3.8, 4) is 5.69 Å². The molecule has 2 aromatic carbocycles. The summed E-state index contributed by atoms with van der Waals surface area (Å²) in [7, 11) is 0. The van der Waals surface area contributed by atoms with E-state index >= 15 is 0 Å². The molecule has 29 heavy (non-hydrogen) atoms. The molecule has 0 radical (unpaired) electrons. The molecular formula is C22H19N3O3S. The van der Waals surface area contributed by atoms with Crippen LogP contribution in [0.25, 0.3) is 5.69 Å². The standard InChI is InChI=1S/C22H19N3O3S/c1-15-14-19(26)25(16-8-3-2-4-9-16)22(23-15)29-13-7-12-24-20(27)17-10-5-6-11-18(17)21(24)28/h2-6,8-11,14H,7,12-13H2,1H3. The monoisotopic (exact) mass is 405 g/mol. The van der Waals surface area contributed by atoms with E-state index in [4.69, 9.17) is 0 Å². The van der Waals surface area contributed by atoms with Gasteiger partial charge in [-0.1, -0.05) is 42.1 Å². The number of hydrogen-bond acceptors (Lipinski definition) is 5. The van der Waals surface area contributed by atoms with Crippen LogP contribution in [-0.2, 0) is 0 Å². The van der Waals surface area contributed by atoms with Crippen LogP contribution in [0.15, 0.2) is 70.6 Å². The van der Waals surface area contributed by atoms with Gasteiger partial charge < -0.3 is 0 Å². The Hall–Kier alpha value is -3.19. The van der Waals surface area contributed by atoms with E-state index in [0.717, 1.165) is 5.69 Å². The highest BCUT2D eigenvalue weighted by Crippen LogP contribution is 2.24. The quantitative estimate of drug-likeness (QED) is 0.272. The molecule has 2 heterocycles. The molecule has 0 bridgehead atoms. The predicted octanol–water partition coefficient (Wildman–Crippen LogP) is 3.32. The summed E-state index contributed by atoms with van der Waals surface area (Å²) in [5.74, 6) is 0.131. The molecule has 3 aromatic rings. The third-order valence-electron chi connectivity index (χ3n) is 4.67. The van der Waals surface area contributed by atoms with Crippen molar-refractivity contribution in [2.75, 3.05) is 12.3 Å². The Morgan fingerprint density at radius 2 is 1.52 bits per heavy atom. The van der Waals surface area contributed by atoms with Gasteiger partial charge in [0.2, 0.25) is 0 Å². The molecule has 6 nitrogen and oxygen atoms in total. The minimum atomic E-state index is -0.245. The second kappa shape index (κ2) is 8.05. The van der Waals surface area contributed by atoms with Crippen LogP contribution in [0.3, 0.4) is 0 Å². The van der Waals surface area contributed by atoms with E-state index < -0.39 is 0 Å². The topological polar surface area (TPSA) is 72.3 Å². The van der Waals surface area contributed by atoms with Gasteiger partial charge in [0.15, 0.2) is 5.16 Å². The number of benzene rings is 2. The number of hydrogen-bond donors (Lipinski definition) is 0. The number of para-hydroxylation sites is 1. The van der Waals surface area contributed by atoms with Crippen molar-refractivity contribution in [3.05, 3.63) is 87.8 Å². The van der Waals surface area contributed by atoms with Crippen molar-refractivity contribution in [2.24, 2.45) is 0 Å². The van der Waals surface area contributed by atoms with E-state index in [1.165, 1.54) is 22.7 Å². The van der Waals surface area contributed by atoms with Crippen LogP contribution < -0.4 is 5.56 Å². The number of amides is 2. The second-order valence-corrected chi connectivity index (χ2v) is 7.76. The number of carbonyl (C=O) groups is 2. The summed E-state index contributed by atoms with van der Waals surface area (Å²) in [6.07, 6.45) is 0.606. The van der Waals surface area contributed by atoms with E-state index in [1.807, 2.05) is 30.3 Å². The third kappa shape index (κ3) is 3.73. The van der Waals surface area contributed by atoms with Crippen molar-refractivity contribution in [2.45, 2.75) is 18.5 Å². The normalized spacial score (nSPS) is 13.1. The Labute approximate surface area is 172 Å². The molecule has 0 saturated heterocycles. The first-order valence-electron chi connectivity index (χ1n) is 9.30. The van der Waals surface area contributed by atoms with Gasteiger partial charge >= 0.3 is 0 Å². The number of imide groups is 1. The largest absolute Gasteiger partial charge is 0.274 e. The molecule has 4 rings (SSSR count). The number of nitrogens with zero attached hydrogens (tertiary/aromatic N) is 3. The van der Waals surface area contributed by atoms with Gasteiger partial charge in [0.25, 0.3) is 17.4 Å². The lowest BCUT2D eigenvalue weighted by Gasteiger charge is -2.14. The maximum absolute atomic E-state index is 12.5. The predicted molar refractivity (Wildman–Crippen MR) is 112 cm³/mol. The molecule has 1 aliphatic heterocycles. The van der Waals surface area contributed by atoms with Gasteiger partial charge in [-0.25, -0.2) is 4.98 Å². The smallest absolute Gasteiger partial charge is 0.261 e. The summed E-state index contributed by atoms with van der Waals surface area (Å²) in [6.45, 7) is 2.13. The van der Waals surface area contributed by atoms with Crippen LogP contribution in [-0.4, -0.2) is 38.6 Å². The van der Waals surface area contributed by atoms with Crippen molar-refractivity contribution in [1.82, 2.24) is 14.5 Å². The fraction of sp³-hybridized carbons (Fsp3) is 0.182. The maximum Gasteiger partial charge on any atom is 0.261 e. The lowest BCUT2D eigenvalue weighted by atomic mass is 10.1. The SMILES string of the molecule is Cc1cc(=O)n(-c2ccccc2)c(SCCCN2C(=O)c3ccccc3C2=O)n1. The molecule has 0 atom stereocenters. The van der Waals surface area contributed by atoms with E-state index in [-0.39, 0.29) is 17.4 Å². The zero-order valence-electron chi connectivity index (χ0n) is 15.9. The van der Waals surface area contributed by atoms with Crippen molar-refractivity contribution in [3.63, 3.8) is 0 Å². The van der Waals surface area contributed by atoms with E-state index in [9.17, 15) is 14.4 Å². The number of rotatable bonds is 6. The van der Waals surface area contributed by atoms with Gasteiger partial charge in [0.1, 0.15) is 0 Å². The van der Waals surface area contributed by atoms with Crippen molar-refractivity contribution < 1.29 is 9.59 Å². The highest BCUT2D eigenvalue weighted by Gasteiger charge is 2.34. The van der Waals surface area contributed by atoms with Gasteiger partial charge in [0.05, 0.1) is 16.8 Å². The summed E-state index contributed by atoms with van der Waals surface area (Å²) in [6, 6.07) is 17.8. The molecule has 0 unspecified atom stereocenters. The Morgan fingerprint density at radius 1 is 0.897 bits per heavy atom. The van der Waals surface area contributed by atoms with Crippen molar-refractivity contribution >= 4 is 23.6 Å². The highest BCUT2D eigenvalue weighted by molar-refractivity contribution is 7.99. The van der Waals surface area contributed by atoms with Crippen LogP contribution in [0.1, 0.15) is 32.8 Å².